The van der Waals surface area contributed by atoms with Crippen LogP contribution in [0, 0.1) is 5.92 Å². The summed E-state index contributed by atoms with van der Waals surface area (Å²) in [6.45, 7) is 8.40. The van der Waals surface area contributed by atoms with Crippen molar-refractivity contribution >= 4 is 17.6 Å². The highest BCUT2D eigenvalue weighted by Crippen LogP contribution is 2.18. The molecule has 0 bridgehead atoms. The first kappa shape index (κ1) is 18.9. The molecule has 0 saturated carbocycles. The van der Waals surface area contributed by atoms with Gasteiger partial charge in [0.25, 0.3) is 0 Å². The van der Waals surface area contributed by atoms with E-state index in [1.54, 1.807) is 0 Å². The predicted molar refractivity (Wildman–Crippen MR) is 99.1 cm³/mol. The summed E-state index contributed by atoms with van der Waals surface area (Å²) in [5, 5.41) is 4.12. The van der Waals surface area contributed by atoms with Crippen molar-refractivity contribution in [2.75, 3.05) is 39.9 Å². The number of nitrogens with zero attached hydrogens (tertiary/aromatic N) is 2. The Labute approximate surface area is 150 Å². The standard InChI is InChI=1S/C18H28ClN3O2/c1-4-23-13-15-9-10-22(12-15)18(20-3)21-11-14(2)24-17-7-5-16(19)6-8-17/h5-8,14-15H,4,9-13H2,1-3H3,(H,20,21). The monoisotopic (exact) mass is 353 g/mol. The van der Waals surface area contributed by atoms with Gasteiger partial charge in [0.1, 0.15) is 11.9 Å². The van der Waals surface area contributed by atoms with Crippen LogP contribution < -0.4 is 10.1 Å². The minimum atomic E-state index is 0.0322. The quantitative estimate of drug-likeness (QED) is 0.604. The van der Waals surface area contributed by atoms with Gasteiger partial charge >= 0.3 is 0 Å². The second kappa shape index (κ2) is 9.74. The number of hydrogen-bond donors (Lipinski definition) is 1. The van der Waals surface area contributed by atoms with E-state index in [0.29, 0.717) is 17.5 Å². The lowest BCUT2D eigenvalue weighted by Crippen LogP contribution is -2.43. The average Bonchev–Trinajstić information content (AvgIpc) is 3.04. The number of nitrogens with one attached hydrogen (secondary N) is 1. The molecule has 134 valence electrons. The topological polar surface area (TPSA) is 46.1 Å². The SMILES string of the molecule is CCOCC1CCN(C(=NC)NCC(C)Oc2ccc(Cl)cc2)C1. The Morgan fingerprint density at radius 2 is 2.17 bits per heavy atom. The van der Waals surface area contributed by atoms with Crippen molar-refractivity contribution in [3.63, 3.8) is 0 Å². The van der Waals surface area contributed by atoms with Crippen LogP contribution in [-0.2, 0) is 4.74 Å². The molecule has 0 radical (unpaired) electrons. The zero-order valence-corrected chi connectivity index (χ0v) is 15.6. The van der Waals surface area contributed by atoms with Gasteiger partial charge in [0.15, 0.2) is 5.96 Å². The van der Waals surface area contributed by atoms with Crippen LogP contribution in [-0.4, -0.2) is 56.9 Å². The Hall–Kier alpha value is -1.46. The third-order valence-corrected chi connectivity index (χ3v) is 4.31. The molecule has 0 amide bonds. The van der Waals surface area contributed by atoms with E-state index in [0.717, 1.165) is 44.4 Å². The summed E-state index contributed by atoms with van der Waals surface area (Å²) in [7, 11) is 1.82. The molecule has 1 N–H and O–H groups in total. The van der Waals surface area contributed by atoms with Crippen molar-refractivity contribution in [1.82, 2.24) is 10.2 Å². The van der Waals surface area contributed by atoms with Crippen molar-refractivity contribution in [2.45, 2.75) is 26.4 Å². The number of guanidine groups is 1. The first-order valence-corrected chi connectivity index (χ1v) is 8.95. The molecular formula is C18H28ClN3O2. The van der Waals surface area contributed by atoms with Crippen LogP contribution in [0.3, 0.4) is 0 Å². The molecular weight excluding hydrogens is 326 g/mol. The van der Waals surface area contributed by atoms with Gasteiger partial charge in [-0.3, -0.25) is 4.99 Å². The Balaban J connectivity index is 1.76. The summed E-state index contributed by atoms with van der Waals surface area (Å²) in [6.07, 6.45) is 1.18. The largest absolute Gasteiger partial charge is 0.489 e. The Morgan fingerprint density at radius 3 is 2.83 bits per heavy atom. The van der Waals surface area contributed by atoms with Gasteiger partial charge in [-0.15, -0.1) is 0 Å². The normalized spacial score (nSPS) is 19.4. The lowest BCUT2D eigenvalue weighted by atomic mass is 10.1. The van der Waals surface area contributed by atoms with Gasteiger partial charge in [-0.25, -0.2) is 0 Å². The molecule has 1 aromatic rings. The molecule has 0 aromatic heterocycles. The molecule has 0 spiro atoms. The molecule has 0 aliphatic carbocycles. The Morgan fingerprint density at radius 1 is 1.42 bits per heavy atom. The van der Waals surface area contributed by atoms with E-state index in [2.05, 4.69) is 15.2 Å². The van der Waals surface area contributed by atoms with Crippen molar-refractivity contribution in [3.8, 4) is 5.75 Å². The van der Waals surface area contributed by atoms with Gasteiger partial charge in [-0.05, 0) is 44.5 Å². The van der Waals surface area contributed by atoms with Crippen LogP contribution in [0.4, 0.5) is 0 Å². The number of ether oxygens (including phenoxy) is 2. The summed E-state index contributed by atoms with van der Waals surface area (Å²) in [5.74, 6) is 2.34. The predicted octanol–water partition coefficient (Wildman–Crippen LogP) is 3.04. The summed E-state index contributed by atoms with van der Waals surface area (Å²) in [4.78, 5) is 6.68. The van der Waals surface area contributed by atoms with E-state index in [1.165, 1.54) is 0 Å². The summed E-state index contributed by atoms with van der Waals surface area (Å²) in [5.41, 5.74) is 0. The lowest BCUT2D eigenvalue weighted by Gasteiger charge is -2.23. The van der Waals surface area contributed by atoms with Crippen LogP contribution in [0.5, 0.6) is 5.75 Å². The van der Waals surface area contributed by atoms with Crippen LogP contribution >= 0.6 is 11.6 Å². The molecule has 5 nitrogen and oxygen atoms in total. The number of likely N-dealkylation sites (tertiary alicyclic amines) is 1. The maximum atomic E-state index is 5.89. The maximum Gasteiger partial charge on any atom is 0.193 e. The number of aliphatic imine (C=N–C) groups is 1. The smallest absolute Gasteiger partial charge is 0.193 e. The number of hydrogen-bond acceptors (Lipinski definition) is 3. The first-order chi connectivity index (χ1) is 11.6. The van der Waals surface area contributed by atoms with E-state index in [-0.39, 0.29) is 6.10 Å². The number of benzene rings is 1. The van der Waals surface area contributed by atoms with Crippen LogP contribution in [0.2, 0.25) is 5.02 Å². The third kappa shape index (κ3) is 5.87. The number of rotatable bonds is 7. The fraction of sp³-hybridized carbons (Fsp3) is 0.611. The van der Waals surface area contributed by atoms with Gasteiger partial charge < -0.3 is 19.7 Å². The molecule has 1 aliphatic rings. The van der Waals surface area contributed by atoms with E-state index in [9.17, 15) is 0 Å². The molecule has 1 heterocycles. The summed E-state index contributed by atoms with van der Waals surface area (Å²) < 4.78 is 11.4. The summed E-state index contributed by atoms with van der Waals surface area (Å²) >= 11 is 5.89. The first-order valence-electron chi connectivity index (χ1n) is 8.58. The van der Waals surface area contributed by atoms with Gasteiger partial charge in [0.2, 0.25) is 0 Å². The van der Waals surface area contributed by atoms with Crippen molar-refractivity contribution in [1.29, 1.82) is 0 Å². The van der Waals surface area contributed by atoms with Gasteiger partial charge in [-0.1, -0.05) is 11.6 Å². The van der Waals surface area contributed by atoms with Crippen LogP contribution in [0.15, 0.2) is 29.3 Å². The Kier molecular flexibility index (Phi) is 7.66. The Bertz CT molecular complexity index is 522. The minimum Gasteiger partial charge on any atom is -0.489 e. The third-order valence-electron chi connectivity index (χ3n) is 4.05. The average molecular weight is 354 g/mol. The highest BCUT2D eigenvalue weighted by Gasteiger charge is 2.25. The molecule has 2 rings (SSSR count). The number of halogens is 1. The maximum absolute atomic E-state index is 5.89. The van der Waals surface area contributed by atoms with E-state index in [1.807, 2.05) is 45.2 Å². The molecule has 1 saturated heterocycles. The van der Waals surface area contributed by atoms with Crippen molar-refractivity contribution in [3.05, 3.63) is 29.3 Å². The molecule has 1 fully saturated rings. The fourth-order valence-corrected chi connectivity index (χ4v) is 2.93. The lowest BCUT2D eigenvalue weighted by molar-refractivity contribution is 0.114. The molecule has 1 aromatic carbocycles. The van der Waals surface area contributed by atoms with Gasteiger partial charge in [0, 0.05) is 37.7 Å². The zero-order valence-electron chi connectivity index (χ0n) is 14.8. The molecule has 2 atom stereocenters. The van der Waals surface area contributed by atoms with Crippen molar-refractivity contribution < 1.29 is 9.47 Å². The van der Waals surface area contributed by atoms with E-state index >= 15 is 0 Å². The highest BCUT2D eigenvalue weighted by molar-refractivity contribution is 6.30. The zero-order chi connectivity index (χ0) is 17.4. The summed E-state index contributed by atoms with van der Waals surface area (Å²) in [6, 6.07) is 7.43. The van der Waals surface area contributed by atoms with E-state index < -0.39 is 0 Å². The minimum absolute atomic E-state index is 0.0322. The van der Waals surface area contributed by atoms with Gasteiger partial charge in [0.05, 0.1) is 13.2 Å². The van der Waals surface area contributed by atoms with Crippen LogP contribution in [0.1, 0.15) is 20.3 Å². The molecule has 1 aliphatic heterocycles. The fourth-order valence-electron chi connectivity index (χ4n) is 2.80. The molecule has 24 heavy (non-hydrogen) atoms. The molecule has 6 heteroatoms. The second-order valence-electron chi connectivity index (χ2n) is 6.07. The molecule has 2 unspecified atom stereocenters. The van der Waals surface area contributed by atoms with Crippen molar-refractivity contribution in [2.24, 2.45) is 10.9 Å². The second-order valence-corrected chi connectivity index (χ2v) is 6.51. The van der Waals surface area contributed by atoms with Gasteiger partial charge in [-0.2, -0.15) is 0 Å². The highest BCUT2D eigenvalue weighted by atomic mass is 35.5. The van der Waals surface area contributed by atoms with E-state index in [4.69, 9.17) is 21.1 Å². The van der Waals surface area contributed by atoms with Crippen LogP contribution in [0.25, 0.3) is 0 Å².